The molecule has 0 saturated heterocycles. The van der Waals surface area contributed by atoms with E-state index < -0.39 is 11.7 Å². The lowest BCUT2D eigenvalue weighted by Gasteiger charge is -2.18. The molecule has 1 aromatic rings. The highest BCUT2D eigenvalue weighted by Crippen LogP contribution is 2.17. The SMILES string of the molecule is CC(C)(C)OC(=O)Nc1nc(COP)cs1. The van der Waals surface area contributed by atoms with E-state index in [-0.39, 0.29) is 0 Å². The van der Waals surface area contributed by atoms with Crippen molar-refractivity contribution in [1.82, 2.24) is 4.98 Å². The van der Waals surface area contributed by atoms with Gasteiger partial charge in [-0.1, -0.05) is 0 Å². The van der Waals surface area contributed by atoms with Gasteiger partial charge in [0.25, 0.3) is 0 Å². The van der Waals surface area contributed by atoms with Crippen LogP contribution in [0.25, 0.3) is 0 Å². The first-order valence-corrected chi connectivity index (χ1v) is 6.02. The highest BCUT2D eigenvalue weighted by molar-refractivity contribution is 7.14. The number of ether oxygens (including phenoxy) is 1. The van der Waals surface area contributed by atoms with Crippen molar-refractivity contribution in [2.75, 3.05) is 5.32 Å². The Hall–Kier alpha value is -0.710. The van der Waals surface area contributed by atoms with Crippen LogP contribution in [0.2, 0.25) is 0 Å². The molecule has 1 N–H and O–H groups in total. The van der Waals surface area contributed by atoms with Crippen LogP contribution < -0.4 is 5.32 Å². The van der Waals surface area contributed by atoms with Gasteiger partial charge in [0.2, 0.25) is 0 Å². The van der Waals surface area contributed by atoms with Gasteiger partial charge in [-0.15, -0.1) is 11.3 Å². The average molecular weight is 262 g/mol. The lowest BCUT2D eigenvalue weighted by atomic mass is 10.2. The van der Waals surface area contributed by atoms with Gasteiger partial charge in [-0.3, -0.25) is 5.32 Å². The number of carbonyl (C=O) groups excluding carboxylic acids is 1. The van der Waals surface area contributed by atoms with Crippen molar-refractivity contribution in [1.29, 1.82) is 0 Å². The number of hydrogen-bond acceptors (Lipinski definition) is 5. The first-order chi connectivity index (χ1) is 7.40. The van der Waals surface area contributed by atoms with Gasteiger partial charge in [-0.05, 0) is 20.8 Å². The Morgan fingerprint density at radius 1 is 1.62 bits per heavy atom. The number of nitrogens with one attached hydrogen (secondary N) is 1. The summed E-state index contributed by atoms with van der Waals surface area (Å²) in [4.78, 5) is 15.5. The quantitative estimate of drug-likeness (QED) is 0.851. The van der Waals surface area contributed by atoms with Crippen LogP contribution in [0, 0.1) is 0 Å². The average Bonchev–Trinajstić information content (AvgIpc) is 2.49. The van der Waals surface area contributed by atoms with Crippen LogP contribution in [-0.2, 0) is 15.9 Å². The molecule has 1 amide bonds. The van der Waals surface area contributed by atoms with E-state index in [0.717, 1.165) is 5.69 Å². The van der Waals surface area contributed by atoms with Crippen LogP contribution in [0.1, 0.15) is 26.5 Å². The lowest BCUT2D eigenvalue weighted by molar-refractivity contribution is 0.0636. The molecule has 7 heteroatoms. The Bertz CT molecular complexity index is 362. The van der Waals surface area contributed by atoms with Gasteiger partial charge in [0.1, 0.15) is 5.60 Å². The molecule has 0 aromatic carbocycles. The standard InChI is InChI=1S/C9H15N2O3PS/c1-9(2,3)14-8(12)11-7-10-6(4-13-15)5-16-7/h5H,4,15H2,1-3H3,(H,10,11,12). The van der Waals surface area contributed by atoms with Crippen LogP contribution in [0.5, 0.6) is 0 Å². The second kappa shape index (κ2) is 5.57. The molecular weight excluding hydrogens is 247 g/mol. The number of nitrogens with zero attached hydrogens (tertiary/aromatic N) is 1. The summed E-state index contributed by atoms with van der Waals surface area (Å²) in [6, 6.07) is 0. The fraction of sp³-hybridized carbons (Fsp3) is 0.556. The van der Waals surface area contributed by atoms with Crippen molar-refractivity contribution in [2.24, 2.45) is 0 Å². The van der Waals surface area contributed by atoms with Gasteiger partial charge in [0, 0.05) is 14.8 Å². The highest BCUT2D eigenvalue weighted by Gasteiger charge is 2.17. The van der Waals surface area contributed by atoms with Gasteiger partial charge in [-0.25, -0.2) is 9.78 Å². The monoisotopic (exact) mass is 262 g/mol. The summed E-state index contributed by atoms with van der Waals surface area (Å²) in [6.45, 7) is 5.82. The first kappa shape index (κ1) is 13.4. The second-order valence-electron chi connectivity index (χ2n) is 4.08. The second-order valence-corrected chi connectivity index (χ2v) is 5.27. The molecule has 16 heavy (non-hydrogen) atoms. The van der Waals surface area contributed by atoms with Crippen LogP contribution in [0.3, 0.4) is 0 Å². The van der Waals surface area contributed by atoms with Crippen LogP contribution >= 0.6 is 20.8 Å². The zero-order valence-electron chi connectivity index (χ0n) is 9.44. The van der Waals surface area contributed by atoms with E-state index >= 15 is 0 Å². The minimum absolute atomic E-state index is 0.400. The van der Waals surface area contributed by atoms with Crippen molar-refractivity contribution >= 4 is 32.0 Å². The van der Waals surface area contributed by atoms with Crippen molar-refractivity contribution in [3.8, 4) is 0 Å². The molecular formula is C9H15N2O3PS. The van der Waals surface area contributed by atoms with E-state index in [9.17, 15) is 4.79 Å². The molecule has 0 fully saturated rings. The minimum atomic E-state index is -0.507. The maximum absolute atomic E-state index is 11.4. The van der Waals surface area contributed by atoms with E-state index in [1.165, 1.54) is 11.3 Å². The molecule has 0 aliphatic carbocycles. The number of carbonyl (C=O) groups is 1. The molecule has 1 aromatic heterocycles. The number of aromatic nitrogens is 1. The number of hydrogen-bond donors (Lipinski definition) is 1. The Kier molecular flexibility index (Phi) is 4.65. The Morgan fingerprint density at radius 2 is 2.31 bits per heavy atom. The summed E-state index contributed by atoms with van der Waals surface area (Å²) < 4.78 is 9.94. The fourth-order valence-electron chi connectivity index (χ4n) is 0.907. The summed E-state index contributed by atoms with van der Waals surface area (Å²) in [7, 11) is 2.15. The van der Waals surface area contributed by atoms with Gasteiger partial charge >= 0.3 is 6.09 Å². The molecule has 5 nitrogen and oxygen atoms in total. The van der Waals surface area contributed by atoms with Crippen molar-refractivity contribution in [2.45, 2.75) is 33.0 Å². The number of thiazole rings is 1. The van der Waals surface area contributed by atoms with Crippen molar-refractivity contribution in [3.63, 3.8) is 0 Å². The third-order valence-corrected chi connectivity index (χ3v) is 2.36. The lowest BCUT2D eigenvalue weighted by Crippen LogP contribution is -2.27. The molecule has 0 spiro atoms. The Labute approximate surface area is 101 Å². The van der Waals surface area contributed by atoms with Gasteiger partial charge in [-0.2, -0.15) is 0 Å². The summed E-state index contributed by atoms with van der Waals surface area (Å²) in [5, 5.41) is 4.88. The number of amides is 1. The zero-order valence-corrected chi connectivity index (χ0v) is 11.4. The molecule has 0 aliphatic rings. The molecule has 1 rings (SSSR count). The molecule has 1 unspecified atom stereocenters. The van der Waals surface area contributed by atoms with E-state index in [2.05, 4.69) is 19.8 Å². The van der Waals surface area contributed by atoms with Crippen molar-refractivity contribution < 1.29 is 14.1 Å². The zero-order chi connectivity index (χ0) is 12.2. The number of anilines is 1. The third-order valence-electron chi connectivity index (χ3n) is 1.39. The van der Waals surface area contributed by atoms with Gasteiger partial charge in [0.15, 0.2) is 5.13 Å². The van der Waals surface area contributed by atoms with Gasteiger partial charge < -0.3 is 9.26 Å². The van der Waals surface area contributed by atoms with Gasteiger partial charge in [0.05, 0.1) is 12.3 Å². The van der Waals surface area contributed by atoms with E-state index in [4.69, 9.17) is 9.26 Å². The normalized spacial score (nSPS) is 11.2. The van der Waals surface area contributed by atoms with Crippen LogP contribution in [0.15, 0.2) is 5.38 Å². The topological polar surface area (TPSA) is 60.5 Å². The smallest absolute Gasteiger partial charge is 0.413 e. The Morgan fingerprint density at radius 3 is 2.88 bits per heavy atom. The fourth-order valence-corrected chi connectivity index (χ4v) is 1.76. The summed E-state index contributed by atoms with van der Waals surface area (Å²) in [6.07, 6.45) is -0.500. The largest absolute Gasteiger partial charge is 0.444 e. The Balaban J connectivity index is 2.50. The molecule has 0 aliphatic heterocycles. The minimum Gasteiger partial charge on any atom is -0.444 e. The molecule has 0 bridgehead atoms. The molecule has 1 heterocycles. The third kappa shape index (κ3) is 4.88. The maximum atomic E-state index is 11.4. The summed E-state index contributed by atoms with van der Waals surface area (Å²) in [5.74, 6) is 0. The summed E-state index contributed by atoms with van der Waals surface area (Å²) >= 11 is 1.33. The van der Waals surface area contributed by atoms with Crippen molar-refractivity contribution in [3.05, 3.63) is 11.1 Å². The molecule has 0 saturated carbocycles. The number of rotatable bonds is 3. The molecule has 90 valence electrons. The molecule has 1 atom stereocenters. The first-order valence-electron chi connectivity index (χ1n) is 4.67. The predicted octanol–water partition coefficient (Wildman–Crippen LogP) is 2.80. The van der Waals surface area contributed by atoms with Crippen LogP contribution in [-0.4, -0.2) is 16.7 Å². The summed E-state index contributed by atoms with van der Waals surface area (Å²) in [5.41, 5.74) is 0.263. The van der Waals surface area contributed by atoms with E-state index in [1.54, 1.807) is 0 Å². The van der Waals surface area contributed by atoms with E-state index in [0.29, 0.717) is 11.7 Å². The van der Waals surface area contributed by atoms with Crippen LogP contribution in [0.4, 0.5) is 9.93 Å². The highest BCUT2D eigenvalue weighted by atomic mass is 32.1. The van der Waals surface area contributed by atoms with E-state index in [1.807, 2.05) is 26.2 Å². The predicted molar refractivity (Wildman–Crippen MR) is 66.5 cm³/mol. The maximum Gasteiger partial charge on any atom is 0.413 e. The molecule has 0 radical (unpaired) electrons.